The molecular formula is C26H27Br2N3O4S2. The topological polar surface area (TPSA) is 70.2 Å². The Balaban J connectivity index is 1.34. The van der Waals surface area contributed by atoms with Gasteiger partial charge in [-0.15, -0.1) is 11.3 Å². The van der Waals surface area contributed by atoms with Crippen molar-refractivity contribution in [3.05, 3.63) is 74.5 Å². The molecule has 37 heavy (non-hydrogen) atoms. The van der Waals surface area contributed by atoms with Crippen molar-refractivity contribution >= 4 is 64.8 Å². The van der Waals surface area contributed by atoms with Gasteiger partial charge in [0.15, 0.2) is 0 Å². The SMILES string of the molecule is COc1ccc(N2CCN(C(=O)C3CN(S(=O)(=O)c4cc(Br)c(Br)s4)CC3c3ccccc3)CC2)cc1. The van der Waals surface area contributed by atoms with Crippen LogP contribution in [0.4, 0.5) is 5.69 Å². The monoisotopic (exact) mass is 667 g/mol. The highest BCUT2D eigenvalue weighted by molar-refractivity contribution is 9.13. The van der Waals surface area contributed by atoms with E-state index in [1.165, 1.54) is 15.6 Å². The van der Waals surface area contributed by atoms with Gasteiger partial charge in [-0.1, -0.05) is 30.3 Å². The highest BCUT2D eigenvalue weighted by atomic mass is 79.9. The van der Waals surface area contributed by atoms with Crippen LogP contribution in [0.15, 0.2) is 73.1 Å². The van der Waals surface area contributed by atoms with Crippen LogP contribution in [0.2, 0.25) is 0 Å². The third-order valence-corrected chi connectivity index (χ3v) is 12.6. The Hall–Kier alpha value is -1.92. The Labute approximate surface area is 238 Å². The third-order valence-electron chi connectivity index (χ3n) is 7.08. The van der Waals surface area contributed by atoms with Crippen LogP contribution >= 0.6 is 43.2 Å². The van der Waals surface area contributed by atoms with Gasteiger partial charge >= 0.3 is 0 Å². The lowest BCUT2D eigenvalue weighted by molar-refractivity contribution is -0.135. The molecule has 0 spiro atoms. The van der Waals surface area contributed by atoms with Crippen LogP contribution in [-0.4, -0.2) is 69.9 Å². The summed E-state index contributed by atoms with van der Waals surface area (Å²) in [6, 6.07) is 19.3. The number of hydrogen-bond donors (Lipinski definition) is 0. The van der Waals surface area contributed by atoms with Crippen LogP contribution in [0.3, 0.4) is 0 Å². The van der Waals surface area contributed by atoms with Gasteiger partial charge in [-0.2, -0.15) is 4.31 Å². The van der Waals surface area contributed by atoms with Crippen LogP contribution in [0.25, 0.3) is 0 Å². The molecule has 11 heteroatoms. The number of hydrogen-bond acceptors (Lipinski definition) is 6. The maximum atomic E-state index is 13.8. The van der Waals surface area contributed by atoms with E-state index in [2.05, 4.69) is 36.8 Å². The maximum absolute atomic E-state index is 13.8. The summed E-state index contributed by atoms with van der Waals surface area (Å²) in [4.78, 5) is 18.0. The van der Waals surface area contributed by atoms with E-state index in [1.807, 2.05) is 59.5 Å². The molecule has 0 radical (unpaired) electrons. The van der Waals surface area contributed by atoms with Crippen molar-refractivity contribution < 1.29 is 17.9 Å². The smallest absolute Gasteiger partial charge is 0.252 e. The zero-order valence-corrected chi connectivity index (χ0v) is 25.0. The lowest BCUT2D eigenvalue weighted by Gasteiger charge is -2.38. The minimum atomic E-state index is -3.73. The van der Waals surface area contributed by atoms with Crippen molar-refractivity contribution in [1.82, 2.24) is 9.21 Å². The molecule has 0 N–H and O–H groups in total. The molecule has 2 fully saturated rings. The van der Waals surface area contributed by atoms with Crippen molar-refractivity contribution in [3.63, 3.8) is 0 Å². The second-order valence-corrected chi connectivity index (χ2v) is 14.5. The number of halogens is 2. The summed E-state index contributed by atoms with van der Waals surface area (Å²) < 4.78 is 35.5. The van der Waals surface area contributed by atoms with E-state index in [4.69, 9.17) is 4.74 Å². The first-order valence-corrected chi connectivity index (χ1v) is 15.8. The highest BCUT2D eigenvalue weighted by Crippen LogP contribution is 2.41. The molecule has 3 heterocycles. The van der Waals surface area contributed by atoms with Crippen LogP contribution in [0.1, 0.15) is 11.5 Å². The van der Waals surface area contributed by atoms with E-state index in [0.717, 1.165) is 33.9 Å². The maximum Gasteiger partial charge on any atom is 0.252 e. The van der Waals surface area contributed by atoms with Crippen molar-refractivity contribution in [3.8, 4) is 5.75 Å². The summed E-state index contributed by atoms with van der Waals surface area (Å²) in [5.74, 6) is 0.202. The number of sulfonamides is 1. The van der Waals surface area contributed by atoms with Gasteiger partial charge in [0.2, 0.25) is 5.91 Å². The molecule has 1 aromatic heterocycles. The van der Waals surface area contributed by atoms with E-state index < -0.39 is 15.9 Å². The molecule has 1 amide bonds. The highest BCUT2D eigenvalue weighted by Gasteiger charge is 2.45. The minimum Gasteiger partial charge on any atom is -0.497 e. The van der Waals surface area contributed by atoms with Crippen LogP contribution in [0.5, 0.6) is 5.75 Å². The first kappa shape index (κ1) is 26.7. The van der Waals surface area contributed by atoms with E-state index in [9.17, 15) is 13.2 Å². The van der Waals surface area contributed by atoms with Gasteiger partial charge in [-0.25, -0.2) is 8.42 Å². The molecule has 2 atom stereocenters. The van der Waals surface area contributed by atoms with Gasteiger partial charge in [0, 0.05) is 55.3 Å². The molecule has 0 aliphatic carbocycles. The van der Waals surface area contributed by atoms with Crippen molar-refractivity contribution in [2.24, 2.45) is 5.92 Å². The van der Waals surface area contributed by atoms with Crippen LogP contribution < -0.4 is 9.64 Å². The van der Waals surface area contributed by atoms with E-state index >= 15 is 0 Å². The summed E-state index contributed by atoms with van der Waals surface area (Å²) in [6.07, 6.45) is 0. The van der Waals surface area contributed by atoms with Gasteiger partial charge in [-0.3, -0.25) is 4.79 Å². The first-order chi connectivity index (χ1) is 17.8. The van der Waals surface area contributed by atoms with Crippen molar-refractivity contribution in [2.45, 2.75) is 10.1 Å². The predicted molar refractivity (Wildman–Crippen MR) is 153 cm³/mol. The van der Waals surface area contributed by atoms with Gasteiger partial charge < -0.3 is 14.5 Å². The summed E-state index contributed by atoms with van der Waals surface area (Å²) in [5, 5.41) is 0. The molecule has 2 aromatic carbocycles. The zero-order chi connectivity index (χ0) is 26.2. The number of rotatable bonds is 6. The van der Waals surface area contributed by atoms with Crippen LogP contribution in [-0.2, 0) is 14.8 Å². The zero-order valence-electron chi connectivity index (χ0n) is 20.2. The molecule has 2 unspecified atom stereocenters. The van der Waals surface area contributed by atoms with Gasteiger partial charge in [-0.05, 0) is 67.8 Å². The molecule has 5 rings (SSSR count). The Morgan fingerprint density at radius 3 is 2.24 bits per heavy atom. The van der Waals surface area contributed by atoms with Gasteiger partial charge in [0.25, 0.3) is 10.0 Å². The number of benzene rings is 2. The Bertz CT molecular complexity index is 1340. The normalized spacial score (nSPS) is 20.8. The number of nitrogens with zero attached hydrogens (tertiary/aromatic N) is 3. The summed E-state index contributed by atoms with van der Waals surface area (Å²) in [5.41, 5.74) is 2.09. The lowest BCUT2D eigenvalue weighted by Crippen LogP contribution is -2.51. The number of ether oxygens (including phenoxy) is 1. The number of methoxy groups -OCH3 is 1. The van der Waals surface area contributed by atoms with E-state index in [-0.39, 0.29) is 29.1 Å². The number of thiophene rings is 1. The molecule has 3 aromatic rings. The van der Waals surface area contributed by atoms with E-state index in [1.54, 1.807) is 13.2 Å². The number of carbonyl (C=O) groups excluding carboxylic acids is 1. The molecular weight excluding hydrogens is 642 g/mol. The minimum absolute atomic E-state index is 0.0227. The molecule has 0 bridgehead atoms. The fraction of sp³-hybridized carbons (Fsp3) is 0.346. The second kappa shape index (κ2) is 11.1. The number of anilines is 1. The predicted octanol–water partition coefficient (Wildman–Crippen LogP) is 5.03. The second-order valence-electron chi connectivity index (χ2n) is 9.14. The molecule has 0 saturated carbocycles. The number of piperazine rings is 1. The summed E-state index contributed by atoms with van der Waals surface area (Å²) in [7, 11) is -2.08. The quantitative estimate of drug-likeness (QED) is 0.369. The Morgan fingerprint density at radius 1 is 0.973 bits per heavy atom. The van der Waals surface area contributed by atoms with Crippen LogP contribution in [0, 0.1) is 5.92 Å². The fourth-order valence-electron chi connectivity index (χ4n) is 5.05. The standard InChI is InChI=1S/C26H27Br2N3O4S2/c1-35-20-9-7-19(8-10-20)29-11-13-30(14-12-29)26(32)22-17-31(16-21(22)18-5-3-2-4-6-18)37(33,34)24-15-23(27)25(28)36-24/h2-10,15,21-22H,11-14,16-17H2,1H3. The molecule has 7 nitrogen and oxygen atoms in total. The van der Waals surface area contributed by atoms with Crippen molar-refractivity contribution in [2.75, 3.05) is 51.3 Å². The largest absolute Gasteiger partial charge is 0.497 e. The average Bonchev–Trinajstić information content (AvgIpc) is 3.53. The van der Waals surface area contributed by atoms with Gasteiger partial charge in [0.05, 0.1) is 16.8 Å². The third kappa shape index (κ3) is 5.47. The number of carbonyl (C=O) groups is 1. The molecule has 2 saturated heterocycles. The summed E-state index contributed by atoms with van der Waals surface area (Å²) in [6.45, 7) is 3.09. The first-order valence-electron chi connectivity index (χ1n) is 12.0. The Kier molecular flexibility index (Phi) is 7.97. The van der Waals surface area contributed by atoms with E-state index in [0.29, 0.717) is 17.6 Å². The number of amides is 1. The average molecular weight is 669 g/mol. The van der Waals surface area contributed by atoms with Gasteiger partial charge in [0.1, 0.15) is 9.96 Å². The summed E-state index contributed by atoms with van der Waals surface area (Å²) >= 11 is 7.97. The molecule has 2 aliphatic rings. The fourth-order valence-corrected chi connectivity index (χ4v) is 9.51. The van der Waals surface area contributed by atoms with Crippen molar-refractivity contribution in [1.29, 1.82) is 0 Å². The Morgan fingerprint density at radius 2 is 1.65 bits per heavy atom. The molecule has 196 valence electrons. The lowest BCUT2D eigenvalue weighted by atomic mass is 9.88. The molecule has 2 aliphatic heterocycles.